The molecule has 0 unspecified atom stereocenters. The van der Waals surface area contributed by atoms with Crippen molar-refractivity contribution in [3.63, 3.8) is 0 Å². The van der Waals surface area contributed by atoms with Crippen LogP contribution < -0.4 is 25.8 Å². The molecule has 228 valence electrons. The first kappa shape index (κ1) is 31.2. The summed E-state index contributed by atoms with van der Waals surface area (Å²) in [7, 11) is 1.64. The number of carbonyl (C=O) groups is 1. The summed E-state index contributed by atoms with van der Waals surface area (Å²) in [6.45, 7) is 15.1. The van der Waals surface area contributed by atoms with E-state index in [4.69, 9.17) is 25.0 Å². The van der Waals surface area contributed by atoms with E-state index in [1.54, 1.807) is 17.9 Å². The maximum absolute atomic E-state index is 13.1. The Bertz CT molecular complexity index is 1500. The number of nitrogens with two attached hydrogens (primary N) is 1. The Labute approximate surface area is 253 Å². The minimum Gasteiger partial charge on any atom is -0.496 e. The number of amides is 2. The van der Waals surface area contributed by atoms with E-state index in [2.05, 4.69) is 43.0 Å². The number of ether oxygens (including phenoxy) is 3. The second kappa shape index (κ2) is 13.9. The van der Waals surface area contributed by atoms with E-state index in [1.807, 2.05) is 60.4 Å². The summed E-state index contributed by atoms with van der Waals surface area (Å²) in [6.07, 6.45) is 2.93. The fraction of sp³-hybridized carbons (Fsp3) is 0.344. The number of hydrogen-bond donors (Lipinski definition) is 3. The number of anilines is 1. The van der Waals surface area contributed by atoms with E-state index >= 15 is 0 Å². The standard InChI is InChI=1S/C32H41N7O4/c1-22-19-25(11-12-26(22)41-6)39-29(20-28(37-39)32(3,4)5)36-31(40)34-21-24-9-7-8-10-27(24)43-30(13-14-33)35-23(2)38-15-17-42-18-16-38/h7-14,19-20H,2,15-18,21,33H2,1,3-6H3,(H2,34,36,40)/b14-13-,35-30?. The average molecular weight is 588 g/mol. The van der Waals surface area contributed by atoms with Gasteiger partial charge in [-0.3, -0.25) is 5.32 Å². The topological polar surface area (TPSA) is 128 Å². The number of aryl methyl sites for hydroxylation is 1. The molecule has 43 heavy (non-hydrogen) atoms. The summed E-state index contributed by atoms with van der Waals surface area (Å²) in [5, 5.41) is 10.7. The molecule has 11 heteroatoms. The number of carbonyl (C=O) groups excluding carboxylic acids is 1. The van der Waals surface area contributed by atoms with Gasteiger partial charge in [0.15, 0.2) is 0 Å². The summed E-state index contributed by atoms with van der Waals surface area (Å²) in [5.74, 6) is 2.69. The van der Waals surface area contributed by atoms with Crippen LogP contribution in [0.5, 0.6) is 11.5 Å². The third-order valence-corrected chi connectivity index (χ3v) is 6.82. The molecule has 0 saturated carbocycles. The van der Waals surface area contributed by atoms with Gasteiger partial charge in [-0.05, 0) is 43.0 Å². The van der Waals surface area contributed by atoms with Gasteiger partial charge in [0, 0.05) is 42.8 Å². The van der Waals surface area contributed by atoms with Crippen LogP contribution in [-0.4, -0.2) is 60.0 Å². The van der Waals surface area contributed by atoms with Crippen LogP contribution in [0, 0.1) is 6.92 Å². The number of rotatable bonds is 9. The number of nitrogens with zero attached hydrogens (tertiary/aromatic N) is 4. The lowest BCUT2D eigenvalue weighted by Crippen LogP contribution is -2.35. The maximum Gasteiger partial charge on any atom is 0.320 e. The van der Waals surface area contributed by atoms with Crippen molar-refractivity contribution >= 4 is 17.7 Å². The normalized spacial score (nSPS) is 14.1. The van der Waals surface area contributed by atoms with Gasteiger partial charge in [0.25, 0.3) is 0 Å². The van der Waals surface area contributed by atoms with Crippen molar-refractivity contribution in [1.29, 1.82) is 0 Å². The number of methoxy groups -OCH3 is 1. The molecule has 1 aromatic heterocycles. The summed E-state index contributed by atoms with van der Waals surface area (Å²) < 4.78 is 18.7. The second-order valence-corrected chi connectivity index (χ2v) is 11.1. The van der Waals surface area contributed by atoms with Crippen molar-refractivity contribution in [1.82, 2.24) is 20.0 Å². The van der Waals surface area contributed by atoms with Crippen molar-refractivity contribution in [2.75, 3.05) is 38.7 Å². The number of hydrogen-bond acceptors (Lipinski definition) is 8. The van der Waals surface area contributed by atoms with Crippen LogP contribution in [-0.2, 0) is 16.7 Å². The second-order valence-electron chi connectivity index (χ2n) is 11.1. The summed E-state index contributed by atoms with van der Waals surface area (Å²) >= 11 is 0. The Hall–Kier alpha value is -4.77. The maximum atomic E-state index is 13.1. The van der Waals surface area contributed by atoms with E-state index in [-0.39, 0.29) is 17.9 Å². The van der Waals surface area contributed by atoms with Crippen LogP contribution in [0.15, 0.2) is 78.2 Å². The largest absolute Gasteiger partial charge is 0.496 e. The minimum absolute atomic E-state index is 0.202. The van der Waals surface area contributed by atoms with Gasteiger partial charge in [-0.15, -0.1) is 0 Å². The Kier molecular flexibility index (Phi) is 10.1. The van der Waals surface area contributed by atoms with Crippen LogP contribution in [0.25, 0.3) is 5.69 Å². The Balaban J connectivity index is 1.49. The zero-order valence-electron chi connectivity index (χ0n) is 25.5. The zero-order chi connectivity index (χ0) is 31.0. The van der Waals surface area contributed by atoms with E-state index in [1.165, 1.54) is 6.20 Å². The lowest BCUT2D eigenvalue weighted by Gasteiger charge is -2.28. The molecular formula is C32H41N7O4. The molecule has 0 bridgehead atoms. The molecule has 1 aliphatic rings. The molecule has 11 nitrogen and oxygen atoms in total. The molecule has 1 saturated heterocycles. The molecule has 0 atom stereocenters. The van der Waals surface area contributed by atoms with Gasteiger partial charge >= 0.3 is 6.03 Å². The molecule has 4 N–H and O–H groups in total. The zero-order valence-corrected chi connectivity index (χ0v) is 25.5. The third kappa shape index (κ3) is 8.16. The van der Waals surface area contributed by atoms with Crippen LogP contribution in [0.4, 0.5) is 10.6 Å². The van der Waals surface area contributed by atoms with E-state index < -0.39 is 6.03 Å². The van der Waals surface area contributed by atoms with Crippen LogP contribution in [0.1, 0.15) is 37.6 Å². The number of nitrogens with one attached hydrogen (secondary N) is 2. The molecule has 0 aliphatic carbocycles. The first-order chi connectivity index (χ1) is 20.6. The fourth-order valence-corrected chi connectivity index (χ4v) is 4.42. The number of urea groups is 1. The highest BCUT2D eigenvalue weighted by molar-refractivity contribution is 5.90. The quantitative estimate of drug-likeness (QED) is 0.241. The first-order valence-electron chi connectivity index (χ1n) is 14.1. The van der Waals surface area contributed by atoms with Crippen LogP contribution >= 0.6 is 0 Å². The number of benzene rings is 2. The molecule has 0 radical (unpaired) electrons. The molecule has 3 aromatic rings. The Morgan fingerprint density at radius 1 is 1.16 bits per heavy atom. The fourth-order valence-electron chi connectivity index (χ4n) is 4.42. The molecule has 2 heterocycles. The third-order valence-electron chi connectivity index (χ3n) is 6.82. The van der Waals surface area contributed by atoms with Crippen molar-refractivity contribution in [3.05, 3.63) is 90.0 Å². The van der Waals surface area contributed by atoms with Gasteiger partial charge in [-0.25, -0.2) is 9.48 Å². The number of aliphatic imine (C=N–C) groups is 1. The van der Waals surface area contributed by atoms with E-state index in [0.29, 0.717) is 43.7 Å². The molecule has 2 aromatic carbocycles. The van der Waals surface area contributed by atoms with Gasteiger partial charge in [-0.1, -0.05) is 45.5 Å². The van der Waals surface area contributed by atoms with Gasteiger partial charge in [0.2, 0.25) is 5.90 Å². The minimum atomic E-state index is -0.391. The monoisotopic (exact) mass is 587 g/mol. The average Bonchev–Trinajstić information content (AvgIpc) is 3.41. The van der Waals surface area contributed by atoms with Crippen molar-refractivity contribution < 1.29 is 19.0 Å². The molecule has 2 amide bonds. The molecule has 1 aliphatic heterocycles. The van der Waals surface area contributed by atoms with Crippen LogP contribution in [0.2, 0.25) is 0 Å². The van der Waals surface area contributed by atoms with Gasteiger partial charge in [0.1, 0.15) is 23.1 Å². The summed E-state index contributed by atoms with van der Waals surface area (Å²) in [4.78, 5) is 19.7. The lowest BCUT2D eigenvalue weighted by molar-refractivity contribution is 0.0533. The van der Waals surface area contributed by atoms with E-state index in [9.17, 15) is 4.79 Å². The Morgan fingerprint density at radius 3 is 2.58 bits per heavy atom. The summed E-state index contributed by atoms with van der Waals surface area (Å²) in [5.41, 5.74) is 8.81. The van der Waals surface area contributed by atoms with Crippen molar-refractivity contribution in [2.45, 2.75) is 39.7 Å². The first-order valence-corrected chi connectivity index (χ1v) is 14.1. The van der Waals surface area contributed by atoms with Gasteiger partial charge < -0.3 is 30.2 Å². The predicted molar refractivity (Wildman–Crippen MR) is 169 cm³/mol. The van der Waals surface area contributed by atoms with Crippen molar-refractivity contribution in [2.24, 2.45) is 10.7 Å². The van der Waals surface area contributed by atoms with E-state index in [0.717, 1.165) is 28.3 Å². The summed E-state index contributed by atoms with van der Waals surface area (Å²) in [6, 6.07) is 14.7. The predicted octanol–water partition coefficient (Wildman–Crippen LogP) is 4.86. The highest BCUT2D eigenvalue weighted by Crippen LogP contribution is 2.28. The number of morpholine rings is 1. The van der Waals surface area contributed by atoms with Crippen LogP contribution in [0.3, 0.4) is 0 Å². The Morgan fingerprint density at radius 2 is 1.91 bits per heavy atom. The molecule has 0 spiro atoms. The highest BCUT2D eigenvalue weighted by atomic mass is 16.5. The smallest absolute Gasteiger partial charge is 0.320 e. The molecule has 4 rings (SSSR count). The molecular weight excluding hydrogens is 546 g/mol. The molecule has 1 fully saturated rings. The van der Waals surface area contributed by atoms with Gasteiger partial charge in [-0.2, -0.15) is 10.1 Å². The number of aromatic nitrogens is 2. The van der Waals surface area contributed by atoms with Crippen molar-refractivity contribution in [3.8, 4) is 17.2 Å². The number of para-hydroxylation sites is 1. The van der Waals surface area contributed by atoms with Gasteiger partial charge in [0.05, 0.1) is 31.7 Å². The highest BCUT2D eigenvalue weighted by Gasteiger charge is 2.22. The SMILES string of the molecule is C=C(N=C(/C=C\N)Oc1ccccc1CNC(=O)Nc1cc(C(C)(C)C)nn1-c1ccc(OC)c(C)c1)N1CCOCC1. The lowest BCUT2D eigenvalue weighted by atomic mass is 9.92.